The number of aromatic nitrogens is 2. The third-order valence-corrected chi connectivity index (χ3v) is 2.99. The zero-order valence-corrected chi connectivity index (χ0v) is 8.86. The lowest BCUT2D eigenvalue weighted by Gasteiger charge is -2.17. The number of halogens is 4. The molecular weight excluding hydrogens is 240 g/mol. The van der Waals surface area contributed by atoms with Gasteiger partial charge in [0.05, 0.1) is 12.1 Å². The number of hydrogen-bond acceptors (Lipinski definition) is 2. The van der Waals surface area contributed by atoms with Crippen molar-refractivity contribution in [3.8, 4) is 0 Å². The molecule has 0 saturated heterocycles. The Morgan fingerprint density at radius 2 is 1.94 bits per heavy atom. The molecule has 1 aliphatic carbocycles. The van der Waals surface area contributed by atoms with Gasteiger partial charge in [0.25, 0.3) is 12.9 Å². The molecule has 1 aliphatic rings. The number of rotatable bonds is 3. The van der Waals surface area contributed by atoms with E-state index in [1.165, 1.54) is 0 Å². The average Bonchev–Trinajstić information content (AvgIpc) is 2.82. The number of nitrogens with zero attached hydrogens (tertiary/aromatic N) is 2. The number of aliphatic hydroxyl groups is 1. The quantitative estimate of drug-likeness (QED) is 0.840. The molecule has 0 aliphatic heterocycles. The third kappa shape index (κ3) is 2.29. The normalized spacial score (nSPS) is 25.1. The molecule has 0 unspecified atom stereocenters. The molecule has 0 spiro atoms. The fourth-order valence-electron chi connectivity index (χ4n) is 2.17. The van der Waals surface area contributed by atoms with E-state index < -0.39 is 36.4 Å². The Kier molecular flexibility index (Phi) is 3.37. The maximum atomic E-state index is 12.7. The molecule has 0 bridgehead atoms. The summed E-state index contributed by atoms with van der Waals surface area (Å²) in [5, 5.41) is 13.1. The van der Waals surface area contributed by atoms with E-state index in [9.17, 15) is 22.7 Å². The van der Waals surface area contributed by atoms with E-state index in [1.807, 2.05) is 0 Å². The summed E-state index contributed by atoms with van der Waals surface area (Å²) in [6.45, 7) is 0. The molecule has 1 saturated carbocycles. The number of alkyl halides is 4. The highest BCUT2D eigenvalue weighted by Crippen LogP contribution is 2.34. The molecule has 1 N–H and O–H groups in total. The molecule has 2 rings (SSSR count). The Bertz CT molecular complexity index is 394. The van der Waals surface area contributed by atoms with Crippen molar-refractivity contribution < 1.29 is 22.7 Å². The van der Waals surface area contributed by atoms with Crippen LogP contribution in [0.1, 0.15) is 49.5 Å². The molecule has 1 fully saturated rings. The van der Waals surface area contributed by atoms with Gasteiger partial charge in [-0.2, -0.15) is 5.10 Å². The monoisotopic (exact) mass is 252 g/mol. The van der Waals surface area contributed by atoms with Crippen LogP contribution in [0.5, 0.6) is 0 Å². The van der Waals surface area contributed by atoms with Gasteiger partial charge in [-0.3, -0.25) is 4.68 Å². The van der Waals surface area contributed by atoms with Gasteiger partial charge in [-0.25, -0.2) is 17.6 Å². The molecule has 2 atom stereocenters. The molecule has 1 heterocycles. The van der Waals surface area contributed by atoms with Crippen LogP contribution in [0.25, 0.3) is 0 Å². The summed E-state index contributed by atoms with van der Waals surface area (Å²) < 4.78 is 51.1. The Hall–Kier alpha value is -1.11. The summed E-state index contributed by atoms with van der Waals surface area (Å²) in [6, 6.07) is 0.0897. The van der Waals surface area contributed by atoms with Crippen molar-refractivity contribution in [2.75, 3.05) is 0 Å². The predicted molar refractivity (Wildman–Crippen MR) is 51.0 cm³/mol. The molecule has 17 heavy (non-hydrogen) atoms. The highest BCUT2D eigenvalue weighted by atomic mass is 19.3. The van der Waals surface area contributed by atoms with Crippen molar-refractivity contribution in [3.05, 3.63) is 17.5 Å². The minimum Gasteiger partial charge on any atom is -0.391 e. The van der Waals surface area contributed by atoms with Gasteiger partial charge in [0.15, 0.2) is 0 Å². The van der Waals surface area contributed by atoms with Gasteiger partial charge in [-0.05, 0) is 25.3 Å². The lowest BCUT2D eigenvalue weighted by molar-refractivity contribution is 0.103. The largest absolute Gasteiger partial charge is 0.391 e. The van der Waals surface area contributed by atoms with Gasteiger partial charge in [-0.1, -0.05) is 0 Å². The van der Waals surface area contributed by atoms with Crippen LogP contribution in [0.3, 0.4) is 0 Å². The highest BCUT2D eigenvalue weighted by Gasteiger charge is 2.32. The smallest absolute Gasteiger partial charge is 0.282 e. The van der Waals surface area contributed by atoms with Gasteiger partial charge >= 0.3 is 0 Å². The molecule has 7 heteroatoms. The first-order chi connectivity index (χ1) is 8.00. The van der Waals surface area contributed by atoms with E-state index in [1.54, 1.807) is 0 Å². The van der Waals surface area contributed by atoms with Crippen molar-refractivity contribution >= 4 is 0 Å². The summed E-state index contributed by atoms with van der Waals surface area (Å²) in [4.78, 5) is 0. The first-order valence-corrected chi connectivity index (χ1v) is 5.34. The first-order valence-electron chi connectivity index (χ1n) is 5.34. The zero-order valence-electron chi connectivity index (χ0n) is 8.86. The summed E-state index contributed by atoms with van der Waals surface area (Å²) in [7, 11) is 0. The van der Waals surface area contributed by atoms with Gasteiger partial charge in [0, 0.05) is 0 Å². The van der Waals surface area contributed by atoms with Crippen LogP contribution >= 0.6 is 0 Å². The van der Waals surface area contributed by atoms with Crippen LogP contribution in [0.15, 0.2) is 6.07 Å². The van der Waals surface area contributed by atoms with Crippen LogP contribution in [0.4, 0.5) is 17.6 Å². The van der Waals surface area contributed by atoms with E-state index in [-0.39, 0.29) is 0 Å². The van der Waals surface area contributed by atoms with Crippen molar-refractivity contribution in [2.24, 2.45) is 0 Å². The van der Waals surface area contributed by atoms with E-state index in [0.29, 0.717) is 25.3 Å². The van der Waals surface area contributed by atoms with E-state index in [4.69, 9.17) is 0 Å². The molecular formula is C10H12F4N2O. The van der Waals surface area contributed by atoms with E-state index >= 15 is 0 Å². The van der Waals surface area contributed by atoms with Crippen LogP contribution in [0.2, 0.25) is 0 Å². The van der Waals surface area contributed by atoms with Crippen LogP contribution in [-0.2, 0) is 0 Å². The SMILES string of the molecule is O[C@@H]1CCC[C@H]1n1nc(C(F)F)cc1C(F)F. The minimum atomic E-state index is -2.88. The van der Waals surface area contributed by atoms with E-state index in [2.05, 4.69) is 5.10 Å². The minimum absolute atomic E-state index is 0.477. The molecule has 0 amide bonds. The summed E-state index contributed by atoms with van der Waals surface area (Å²) >= 11 is 0. The average molecular weight is 252 g/mol. The Morgan fingerprint density at radius 1 is 1.24 bits per heavy atom. The summed E-state index contributed by atoms with van der Waals surface area (Å²) in [5.41, 5.74) is -1.22. The number of hydrogen-bond donors (Lipinski definition) is 1. The summed E-state index contributed by atoms with van der Waals surface area (Å²) in [5.74, 6) is 0. The third-order valence-electron chi connectivity index (χ3n) is 2.99. The topological polar surface area (TPSA) is 38.0 Å². The van der Waals surface area contributed by atoms with Crippen molar-refractivity contribution in [1.82, 2.24) is 9.78 Å². The standard InChI is InChI=1S/C10H12F4N2O/c11-9(12)5-4-7(10(13)14)16(15-5)6-2-1-3-8(6)17/h4,6,8-10,17H,1-3H2/t6-,8-/m1/s1. The molecule has 3 nitrogen and oxygen atoms in total. The fraction of sp³-hybridized carbons (Fsp3) is 0.700. The van der Waals surface area contributed by atoms with Gasteiger partial charge in [0.1, 0.15) is 11.4 Å². The predicted octanol–water partition coefficient (Wildman–Crippen LogP) is 2.84. The Balaban J connectivity index is 2.37. The molecule has 1 aromatic heterocycles. The van der Waals surface area contributed by atoms with Crippen LogP contribution in [0, 0.1) is 0 Å². The maximum absolute atomic E-state index is 12.7. The Morgan fingerprint density at radius 3 is 2.41 bits per heavy atom. The second-order valence-electron chi connectivity index (χ2n) is 4.11. The van der Waals surface area contributed by atoms with Crippen molar-refractivity contribution in [1.29, 1.82) is 0 Å². The van der Waals surface area contributed by atoms with Gasteiger partial charge in [-0.15, -0.1) is 0 Å². The van der Waals surface area contributed by atoms with Gasteiger partial charge in [0.2, 0.25) is 0 Å². The fourth-order valence-corrected chi connectivity index (χ4v) is 2.17. The summed E-state index contributed by atoms with van der Waals surface area (Å²) in [6.07, 6.45) is -4.91. The zero-order chi connectivity index (χ0) is 12.6. The van der Waals surface area contributed by atoms with Gasteiger partial charge < -0.3 is 5.11 Å². The second-order valence-corrected chi connectivity index (χ2v) is 4.11. The van der Waals surface area contributed by atoms with Crippen LogP contribution in [-0.4, -0.2) is 21.0 Å². The first kappa shape index (κ1) is 12.3. The maximum Gasteiger partial charge on any atom is 0.282 e. The molecule has 1 aromatic rings. The molecule has 96 valence electrons. The Labute approximate surface area is 95.0 Å². The van der Waals surface area contributed by atoms with Crippen molar-refractivity contribution in [3.63, 3.8) is 0 Å². The van der Waals surface area contributed by atoms with E-state index in [0.717, 1.165) is 4.68 Å². The lowest BCUT2D eigenvalue weighted by Crippen LogP contribution is -2.21. The highest BCUT2D eigenvalue weighted by molar-refractivity contribution is 5.14. The molecule has 0 radical (unpaired) electrons. The number of aliphatic hydroxyl groups excluding tert-OH is 1. The van der Waals surface area contributed by atoms with Crippen LogP contribution < -0.4 is 0 Å². The second kappa shape index (κ2) is 4.64. The lowest BCUT2D eigenvalue weighted by atomic mass is 10.2. The van der Waals surface area contributed by atoms with Crippen molar-refractivity contribution in [2.45, 2.75) is 44.3 Å². The molecule has 0 aromatic carbocycles.